The number of nitrogens with one attached hydrogen (secondary N) is 1. The molecule has 6 heteroatoms. The largest absolute Gasteiger partial charge is 0.374 e. The number of likely N-dealkylation sites (N-methyl/N-ethyl adjacent to an activating group) is 1. The second-order valence-electron chi connectivity index (χ2n) is 10.6. The summed E-state index contributed by atoms with van der Waals surface area (Å²) in [7, 11) is 5.51. The highest BCUT2D eigenvalue weighted by molar-refractivity contribution is 7.99. The van der Waals surface area contributed by atoms with Crippen LogP contribution in [0.5, 0.6) is 0 Å². The van der Waals surface area contributed by atoms with Crippen LogP contribution in [0.1, 0.15) is 35.4 Å². The maximum absolute atomic E-state index is 13.4. The van der Waals surface area contributed by atoms with Crippen molar-refractivity contribution in [3.05, 3.63) is 102 Å². The molecule has 1 amide bonds. The minimum atomic E-state index is -0.0775. The maximum atomic E-state index is 13.4. The van der Waals surface area contributed by atoms with Gasteiger partial charge in [0.1, 0.15) is 0 Å². The lowest BCUT2D eigenvalue weighted by Gasteiger charge is -2.57. The van der Waals surface area contributed by atoms with Crippen molar-refractivity contribution in [2.75, 3.05) is 33.7 Å². The van der Waals surface area contributed by atoms with Crippen LogP contribution < -0.4 is 5.32 Å². The van der Waals surface area contributed by atoms with Crippen LogP contribution in [0.25, 0.3) is 0 Å². The van der Waals surface area contributed by atoms with Crippen LogP contribution in [0.2, 0.25) is 0 Å². The van der Waals surface area contributed by atoms with Crippen molar-refractivity contribution in [1.82, 2.24) is 15.1 Å². The minimum Gasteiger partial charge on any atom is -0.374 e. The van der Waals surface area contributed by atoms with Gasteiger partial charge in [-0.1, -0.05) is 90.6 Å². The van der Waals surface area contributed by atoms with Crippen molar-refractivity contribution in [3.8, 4) is 0 Å². The van der Waals surface area contributed by atoms with Crippen LogP contribution in [-0.4, -0.2) is 67.5 Å². The summed E-state index contributed by atoms with van der Waals surface area (Å²) < 4.78 is 5.34. The molecule has 2 bridgehead atoms. The number of piperidine rings is 3. The first-order chi connectivity index (χ1) is 18.6. The highest BCUT2D eigenvalue weighted by Crippen LogP contribution is 2.45. The number of carbonyl (C=O) groups is 1. The zero-order chi connectivity index (χ0) is 26.5. The normalized spacial score (nSPS) is 24.5. The van der Waals surface area contributed by atoms with Gasteiger partial charge in [-0.2, -0.15) is 0 Å². The zero-order valence-corrected chi connectivity index (χ0v) is 23.4. The number of amides is 1. The molecule has 3 aliphatic heterocycles. The van der Waals surface area contributed by atoms with Crippen molar-refractivity contribution in [2.24, 2.45) is 5.92 Å². The third-order valence-electron chi connectivity index (χ3n) is 8.16. The van der Waals surface area contributed by atoms with Gasteiger partial charge in [0, 0.05) is 50.6 Å². The molecule has 0 radical (unpaired) electrons. The molecule has 6 rings (SSSR count). The number of methoxy groups -OCH3 is 1. The summed E-state index contributed by atoms with van der Waals surface area (Å²) in [5, 5.41) is 4.02. The van der Waals surface area contributed by atoms with Crippen molar-refractivity contribution in [3.63, 3.8) is 0 Å². The van der Waals surface area contributed by atoms with Gasteiger partial charge in [-0.3, -0.25) is 9.69 Å². The highest BCUT2D eigenvalue weighted by Gasteiger charge is 2.52. The van der Waals surface area contributed by atoms with Crippen LogP contribution in [0, 0.1) is 5.92 Å². The SMILES string of the molecule is COCSc1ccccc1CN[C@@H]1[C@@H]2CCN([C@@H](C(=O)N(C)C)C2)[C@@H]1C(c1ccccc1)c1ccccc1. The van der Waals surface area contributed by atoms with E-state index >= 15 is 0 Å². The highest BCUT2D eigenvalue weighted by atomic mass is 32.2. The summed E-state index contributed by atoms with van der Waals surface area (Å²) in [6.07, 6.45) is 2.02. The smallest absolute Gasteiger partial charge is 0.239 e. The average Bonchev–Trinajstić information content (AvgIpc) is 2.97. The maximum Gasteiger partial charge on any atom is 0.239 e. The Morgan fingerprint density at radius 2 is 1.63 bits per heavy atom. The molecule has 3 saturated heterocycles. The zero-order valence-electron chi connectivity index (χ0n) is 22.6. The first-order valence-corrected chi connectivity index (χ1v) is 14.6. The lowest BCUT2D eigenvalue weighted by atomic mass is 9.68. The van der Waals surface area contributed by atoms with Gasteiger partial charge < -0.3 is 15.0 Å². The number of nitrogens with zero attached hydrogens (tertiary/aromatic N) is 2. The molecule has 3 aromatic carbocycles. The third-order valence-corrected chi connectivity index (χ3v) is 9.22. The Morgan fingerprint density at radius 3 is 2.26 bits per heavy atom. The Balaban J connectivity index is 1.53. The summed E-state index contributed by atoms with van der Waals surface area (Å²) in [4.78, 5) is 19.0. The molecule has 3 heterocycles. The number of hydrogen-bond acceptors (Lipinski definition) is 5. The number of benzene rings is 3. The topological polar surface area (TPSA) is 44.8 Å². The standard InChI is InChI=1S/C32H39N3O2S/c1-34(2)32(36)27-20-25-18-19-35(27)31(29(23-12-6-4-7-13-23)24-14-8-5-9-15-24)30(25)33-21-26-16-10-11-17-28(26)38-22-37-3/h4-17,25,27,29-31,33H,18-22H2,1-3H3/t25-,27-,30-,31-/m1/s1. The lowest BCUT2D eigenvalue weighted by Crippen LogP contribution is -2.69. The fraction of sp³-hybridized carbons (Fsp3) is 0.406. The van der Waals surface area contributed by atoms with Gasteiger partial charge in [0.25, 0.3) is 0 Å². The summed E-state index contributed by atoms with van der Waals surface area (Å²) in [5.41, 5.74) is 3.90. The van der Waals surface area contributed by atoms with Crippen molar-refractivity contribution >= 4 is 17.7 Å². The first-order valence-electron chi connectivity index (χ1n) is 13.6. The molecule has 3 fully saturated rings. The van der Waals surface area contributed by atoms with E-state index in [2.05, 4.69) is 95.1 Å². The first kappa shape index (κ1) is 26.9. The fourth-order valence-corrected chi connectivity index (χ4v) is 7.20. The van der Waals surface area contributed by atoms with E-state index in [0.29, 0.717) is 11.9 Å². The molecule has 1 N–H and O–H groups in total. The molecule has 1 unspecified atom stereocenters. The Bertz CT molecular complexity index is 1150. The van der Waals surface area contributed by atoms with E-state index in [0.717, 1.165) is 25.9 Å². The van der Waals surface area contributed by atoms with Gasteiger partial charge in [0.15, 0.2) is 0 Å². The number of rotatable bonds is 10. The van der Waals surface area contributed by atoms with E-state index in [1.54, 1.807) is 23.8 Å². The average molecular weight is 530 g/mol. The second-order valence-corrected chi connectivity index (χ2v) is 11.6. The molecule has 0 spiro atoms. The van der Waals surface area contributed by atoms with Gasteiger partial charge in [0.2, 0.25) is 5.91 Å². The lowest BCUT2D eigenvalue weighted by molar-refractivity contribution is -0.143. The third kappa shape index (κ3) is 5.69. The van der Waals surface area contributed by atoms with Crippen LogP contribution in [0.4, 0.5) is 0 Å². The van der Waals surface area contributed by atoms with Crippen molar-refractivity contribution < 1.29 is 9.53 Å². The molecule has 0 saturated carbocycles. The summed E-state index contributed by atoms with van der Waals surface area (Å²) in [5.74, 6) is 1.46. The quantitative estimate of drug-likeness (QED) is 0.288. The number of ether oxygens (including phenoxy) is 1. The molecule has 200 valence electrons. The Labute approximate surface area is 231 Å². The monoisotopic (exact) mass is 529 g/mol. The molecule has 38 heavy (non-hydrogen) atoms. The van der Waals surface area contributed by atoms with Gasteiger partial charge in [-0.25, -0.2) is 0 Å². The number of thioether (sulfide) groups is 1. The number of fused-ring (bicyclic) bond motifs is 3. The molecule has 0 aliphatic carbocycles. The van der Waals surface area contributed by atoms with E-state index in [9.17, 15) is 4.79 Å². The molecular weight excluding hydrogens is 490 g/mol. The molecule has 0 aromatic heterocycles. The van der Waals surface area contributed by atoms with Crippen molar-refractivity contribution in [2.45, 2.75) is 48.3 Å². The van der Waals surface area contributed by atoms with E-state index in [4.69, 9.17) is 4.74 Å². The predicted molar refractivity (Wildman–Crippen MR) is 155 cm³/mol. The van der Waals surface area contributed by atoms with E-state index in [1.807, 2.05) is 14.1 Å². The van der Waals surface area contributed by atoms with E-state index in [-0.39, 0.29) is 30.0 Å². The van der Waals surface area contributed by atoms with Gasteiger partial charge >= 0.3 is 0 Å². The van der Waals surface area contributed by atoms with Gasteiger partial charge in [-0.15, -0.1) is 0 Å². The number of carbonyl (C=O) groups excluding carboxylic acids is 1. The van der Waals surface area contributed by atoms with E-state index < -0.39 is 0 Å². The molecule has 3 aliphatic rings. The minimum absolute atomic E-state index is 0.0775. The molecule has 5 nitrogen and oxygen atoms in total. The molecular formula is C32H39N3O2S. The summed E-state index contributed by atoms with van der Waals surface area (Å²) in [6, 6.07) is 30.7. The fourth-order valence-electron chi connectivity index (χ4n) is 6.45. The summed E-state index contributed by atoms with van der Waals surface area (Å²) in [6.45, 7) is 1.75. The van der Waals surface area contributed by atoms with Crippen LogP contribution >= 0.6 is 11.8 Å². The number of hydrogen-bond donors (Lipinski definition) is 1. The summed E-state index contributed by atoms with van der Waals surface area (Å²) >= 11 is 1.73. The van der Waals surface area contributed by atoms with Crippen molar-refractivity contribution in [1.29, 1.82) is 0 Å². The molecule has 5 atom stereocenters. The van der Waals surface area contributed by atoms with E-state index in [1.165, 1.54) is 21.6 Å². The Morgan fingerprint density at radius 1 is 1.00 bits per heavy atom. The van der Waals surface area contributed by atoms with Crippen LogP contribution in [0.15, 0.2) is 89.8 Å². The molecule has 3 aromatic rings. The van der Waals surface area contributed by atoms with Gasteiger partial charge in [-0.05, 0) is 48.1 Å². The second kappa shape index (κ2) is 12.5. The Hall–Kier alpha value is -2.64. The Kier molecular flexibility index (Phi) is 8.85. The van der Waals surface area contributed by atoms with Crippen LogP contribution in [-0.2, 0) is 16.1 Å². The van der Waals surface area contributed by atoms with Crippen LogP contribution in [0.3, 0.4) is 0 Å². The predicted octanol–water partition coefficient (Wildman–Crippen LogP) is 5.22. The van der Waals surface area contributed by atoms with Gasteiger partial charge in [0.05, 0.1) is 12.0 Å².